The Bertz CT molecular complexity index is 603. The molecule has 0 aromatic carbocycles. The van der Waals surface area contributed by atoms with Crippen LogP contribution < -0.4 is 0 Å². The number of carbonyl (C=O) groups is 1. The van der Waals surface area contributed by atoms with Crippen molar-refractivity contribution in [1.29, 1.82) is 0 Å². The summed E-state index contributed by atoms with van der Waals surface area (Å²) in [7, 11) is 0. The molecule has 2 aliphatic carbocycles. The van der Waals surface area contributed by atoms with Gasteiger partial charge in [0.15, 0.2) is 0 Å². The highest BCUT2D eigenvalue weighted by Gasteiger charge is 2.49. The predicted octanol–water partition coefficient (Wildman–Crippen LogP) is 6.47. The number of ether oxygens (including phenoxy) is 1. The van der Waals surface area contributed by atoms with Crippen molar-refractivity contribution in [2.75, 3.05) is 0 Å². The van der Waals surface area contributed by atoms with Gasteiger partial charge in [-0.25, -0.2) is 4.79 Å². The molecule has 0 aromatic heterocycles. The van der Waals surface area contributed by atoms with E-state index in [0.717, 1.165) is 43.1 Å². The molecule has 0 radical (unpaired) electrons. The lowest BCUT2D eigenvalue weighted by molar-refractivity contribution is -0.138. The van der Waals surface area contributed by atoms with Crippen LogP contribution in [0.1, 0.15) is 71.6 Å². The van der Waals surface area contributed by atoms with Gasteiger partial charge in [0.05, 0.1) is 5.57 Å². The number of hydrogen-bond donors (Lipinski definition) is 0. The van der Waals surface area contributed by atoms with Crippen LogP contribution in [0.15, 0.2) is 34.4 Å². The first-order valence-electron chi connectivity index (χ1n) is 9.90. The van der Waals surface area contributed by atoms with Crippen LogP contribution in [0, 0.1) is 17.3 Å². The zero-order valence-electron chi connectivity index (χ0n) is 15.7. The second kappa shape index (κ2) is 7.82. The summed E-state index contributed by atoms with van der Waals surface area (Å²) >= 11 is 3.59. The second-order valence-electron chi connectivity index (χ2n) is 8.27. The number of halogens is 1. The molecule has 0 spiro atoms. The van der Waals surface area contributed by atoms with E-state index in [2.05, 4.69) is 47.4 Å². The van der Waals surface area contributed by atoms with Gasteiger partial charge >= 0.3 is 5.97 Å². The molecule has 3 fully saturated rings. The summed E-state index contributed by atoms with van der Waals surface area (Å²) in [6.45, 7) is 8.60. The van der Waals surface area contributed by atoms with Crippen molar-refractivity contribution in [3.8, 4) is 0 Å². The maximum Gasteiger partial charge on any atom is 0.338 e. The predicted molar refractivity (Wildman–Crippen MR) is 106 cm³/mol. The Labute approximate surface area is 160 Å². The number of hydrogen-bond acceptors (Lipinski definition) is 2. The molecule has 1 aliphatic heterocycles. The van der Waals surface area contributed by atoms with Crippen molar-refractivity contribution < 1.29 is 9.53 Å². The van der Waals surface area contributed by atoms with Crippen LogP contribution in [0.25, 0.3) is 0 Å². The third-order valence-corrected chi connectivity index (χ3v) is 7.51. The molecule has 3 rings (SSSR count). The smallest absolute Gasteiger partial charge is 0.338 e. The first-order valence-corrected chi connectivity index (χ1v) is 10.8. The molecule has 0 amide bonds. The van der Waals surface area contributed by atoms with Crippen molar-refractivity contribution in [3.63, 3.8) is 0 Å². The Morgan fingerprint density at radius 2 is 2.16 bits per heavy atom. The van der Waals surface area contributed by atoms with Gasteiger partial charge < -0.3 is 4.74 Å². The quantitative estimate of drug-likeness (QED) is 0.386. The van der Waals surface area contributed by atoms with E-state index in [9.17, 15) is 4.79 Å². The maximum absolute atomic E-state index is 12.0. The highest BCUT2D eigenvalue weighted by atomic mass is 79.9. The van der Waals surface area contributed by atoms with Gasteiger partial charge in [-0.05, 0) is 73.6 Å². The van der Waals surface area contributed by atoms with E-state index in [-0.39, 0.29) is 12.1 Å². The van der Waals surface area contributed by atoms with E-state index < -0.39 is 0 Å². The Morgan fingerprint density at radius 3 is 2.88 bits per heavy atom. The van der Waals surface area contributed by atoms with Crippen LogP contribution in [-0.2, 0) is 9.53 Å². The summed E-state index contributed by atoms with van der Waals surface area (Å²) in [6.07, 6.45) is 12.8. The Hall–Kier alpha value is -0.830. The van der Waals surface area contributed by atoms with E-state index in [4.69, 9.17) is 4.74 Å². The number of allylic oxidation sites excluding steroid dienone is 2. The van der Waals surface area contributed by atoms with Gasteiger partial charge in [0.25, 0.3) is 0 Å². The monoisotopic (exact) mass is 406 g/mol. The number of rotatable bonds is 5. The fourth-order valence-electron chi connectivity index (χ4n) is 5.45. The molecule has 2 saturated carbocycles. The van der Waals surface area contributed by atoms with Crippen LogP contribution in [0.2, 0.25) is 0 Å². The highest BCUT2D eigenvalue weighted by molar-refractivity contribution is 9.11. The summed E-state index contributed by atoms with van der Waals surface area (Å²) < 4.78 is 5.63. The first-order chi connectivity index (χ1) is 12.0. The fourth-order valence-corrected chi connectivity index (χ4v) is 6.00. The molecule has 3 heteroatoms. The van der Waals surface area contributed by atoms with Crippen molar-refractivity contribution in [1.82, 2.24) is 0 Å². The van der Waals surface area contributed by atoms with Gasteiger partial charge in [-0.15, -0.1) is 0 Å². The number of cyclic esters (lactones) is 1. The molecule has 3 aliphatic rings. The van der Waals surface area contributed by atoms with E-state index in [1.54, 1.807) is 5.57 Å². The van der Waals surface area contributed by atoms with E-state index >= 15 is 0 Å². The largest absolute Gasteiger partial charge is 0.454 e. The summed E-state index contributed by atoms with van der Waals surface area (Å²) in [5.74, 6) is 1.26. The number of unbranched alkanes of at least 4 members (excludes halogenated alkanes) is 1. The molecule has 4 atom stereocenters. The van der Waals surface area contributed by atoms with Crippen LogP contribution in [-0.4, -0.2) is 12.1 Å². The van der Waals surface area contributed by atoms with Crippen LogP contribution in [0.5, 0.6) is 0 Å². The average Bonchev–Trinajstić information content (AvgIpc) is 3.08. The third-order valence-electron chi connectivity index (χ3n) is 6.92. The van der Waals surface area contributed by atoms with Crippen LogP contribution in [0.3, 0.4) is 0 Å². The van der Waals surface area contributed by atoms with Crippen LogP contribution >= 0.6 is 15.9 Å². The van der Waals surface area contributed by atoms with Gasteiger partial charge in [0, 0.05) is 5.57 Å². The zero-order chi connectivity index (χ0) is 18.0. The minimum atomic E-state index is -0.218. The lowest BCUT2D eigenvalue weighted by Gasteiger charge is -2.42. The molecule has 0 bridgehead atoms. The van der Waals surface area contributed by atoms with Gasteiger partial charge in [-0.1, -0.05) is 54.4 Å². The molecule has 1 saturated heterocycles. The Morgan fingerprint density at radius 1 is 1.36 bits per heavy atom. The molecule has 0 aromatic rings. The highest BCUT2D eigenvalue weighted by Crippen LogP contribution is 2.59. The Kier molecular flexibility index (Phi) is 5.92. The standard InChI is InChI=1S/C22H31BrO2/c1-4-5-8-18-15(2)21(24)25-20(18)12-10-17-9-11-19-16(14-23)7-6-13-22(17,19)3/h8,14,17,19-20H,2,4-7,9-13H2,1,3H3/b16-14+,18-8+. The molecule has 25 heavy (non-hydrogen) atoms. The summed E-state index contributed by atoms with van der Waals surface area (Å²) in [5.41, 5.74) is 3.66. The second-order valence-corrected chi connectivity index (χ2v) is 8.73. The van der Waals surface area contributed by atoms with E-state index in [1.807, 2.05) is 0 Å². The van der Waals surface area contributed by atoms with Crippen LogP contribution in [0.4, 0.5) is 0 Å². The molecule has 2 nitrogen and oxygen atoms in total. The van der Waals surface area contributed by atoms with Crippen molar-refractivity contribution >= 4 is 21.9 Å². The third kappa shape index (κ3) is 3.54. The van der Waals surface area contributed by atoms with Crippen molar-refractivity contribution in [2.24, 2.45) is 17.3 Å². The fraction of sp³-hybridized carbons (Fsp3) is 0.682. The average molecular weight is 407 g/mol. The Balaban J connectivity index is 1.67. The summed E-state index contributed by atoms with van der Waals surface area (Å²) in [5, 5.41) is 0. The minimum absolute atomic E-state index is 0.0658. The number of fused-ring (bicyclic) bond motifs is 1. The van der Waals surface area contributed by atoms with Gasteiger partial charge in [0.1, 0.15) is 6.10 Å². The topological polar surface area (TPSA) is 26.3 Å². The van der Waals surface area contributed by atoms with E-state index in [0.29, 0.717) is 11.0 Å². The molecule has 4 unspecified atom stereocenters. The molecular formula is C22H31BrO2. The summed E-state index contributed by atoms with van der Waals surface area (Å²) in [4.78, 5) is 14.1. The normalized spacial score (nSPS) is 38.4. The van der Waals surface area contributed by atoms with Gasteiger partial charge in [-0.3, -0.25) is 0 Å². The zero-order valence-corrected chi connectivity index (χ0v) is 17.2. The molecule has 0 N–H and O–H groups in total. The SMILES string of the molecule is C=C1C(=O)OC(CCC2CCC3/C(=C/Br)CCCC23C)/C1=C/CCC. The number of esters is 1. The molecular weight excluding hydrogens is 376 g/mol. The van der Waals surface area contributed by atoms with Gasteiger partial charge in [0.2, 0.25) is 0 Å². The number of carbonyl (C=O) groups excluding carboxylic acids is 1. The maximum atomic E-state index is 12.0. The van der Waals surface area contributed by atoms with Crippen molar-refractivity contribution in [3.05, 3.63) is 34.4 Å². The summed E-state index contributed by atoms with van der Waals surface area (Å²) in [6, 6.07) is 0. The lowest BCUT2D eigenvalue weighted by Crippen LogP contribution is -2.33. The molecule has 138 valence electrons. The minimum Gasteiger partial charge on any atom is -0.454 e. The van der Waals surface area contributed by atoms with E-state index in [1.165, 1.54) is 32.1 Å². The lowest BCUT2D eigenvalue weighted by atomic mass is 9.63. The van der Waals surface area contributed by atoms with Crippen molar-refractivity contribution in [2.45, 2.75) is 77.7 Å². The molecule has 1 heterocycles. The first kappa shape index (κ1) is 18.9. The van der Waals surface area contributed by atoms with Gasteiger partial charge in [-0.2, -0.15) is 0 Å².